The minimum absolute atomic E-state index is 0.116. The lowest BCUT2D eigenvalue weighted by Crippen LogP contribution is -2.30. The van der Waals surface area contributed by atoms with Gasteiger partial charge in [0.25, 0.3) is 5.91 Å². The molecule has 1 amide bonds. The Balaban J connectivity index is 3.40. The van der Waals surface area contributed by atoms with E-state index in [-0.39, 0.29) is 15.6 Å². The molecule has 1 rings (SSSR count). The van der Waals surface area contributed by atoms with Gasteiger partial charge in [0.1, 0.15) is 0 Å². The van der Waals surface area contributed by atoms with Gasteiger partial charge in [-0.05, 0) is 6.07 Å². The molecule has 0 heterocycles. The van der Waals surface area contributed by atoms with Crippen molar-refractivity contribution in [3.05, 3.63) is 21.7 Å². The Bertz CT molecular complexity index is 395. The predicted molar refractivity (Wildman–Crippen MR) is 51.4 cm³/mol. The monoisotopic (exact) mass is 236 g/mol. The number of aromatic hydroxyl groups is 2. The van der Waals surface area contributed by atoms with Gasteiger partial charge in [0.15, 0.2) is 11.5 Å². The van der Waals surface area contributed by atoms with Gasteiger partial charge in [-0.2, -0.15) is 0 Å². The summed E-state index contributed by atoms with van der Waals surface area (Å²) in [5.41, 5.74) is 1.70. The number of rotatable bonds is 1. The molecule has 1 aromatic carbocycles. The highest BCUT2D eigenvalue weighted by Crippen LogP contribution is 2.41. The highest BCUT2D eigenvalue weighted by molar-refractivity contribution is 6.38. The Kier molecular flexibility index (Phi) is 3.05. The number of amides is 1. The quantitative estimate of drug-likeness (QED) is 0.253. The van der Waals surface area contributed by atoms with E-state index in [1.807, 2.05) is 5.43 Å². The van der Waals surface area contributed by atoms with Crippen LogP contribution in [0.2, 0.25) is 10.0 Å². The summed E-state index contributed by atoms with van der Waals surface area (Å²) in [6.45, 7) is 0. The van der Waals surface area contributed by atoms with Crippen molar-refractivity contribution in [2.75, 3.05) is 0 Å². The highest BCUT2D eigenvalue weighted by Gasteiger charge is 2.18. The van der Waals surface area contributed by atoms with Crippen LogP contribution in [0, 0.1) is 0 Å². The van der Waals surface area contributed by atoms with Crippen LogP contribution in [-0.4, -0.2) is 16.1 Å². The Hall–Kier alpha value is -1.17. The molecule has 5 nitrogen and oxygen atoms in total. The molecule has 0 aliphatic carbocycles. The minimum Gasteiger partial charge on any atom is -0.503 e. The van der Waals surface area contributed by atoms with E-state index in [0.29, 0.717) is 0 Å². The van der Waals surface area contributed by atoms with Crippen molar-refractivity contribution in [1.29, 1.82) is 0 Å². The second-order valence-corrected chi connectivity index (χ2v) is 3.18. The average molecular weight is 237 g/mol. The molecular formula is C7H6Cl2N2O3. The van der Waals surface area contributed by atoms with Crippen molar-refractivity contribution < 1.29 is 15.0 Å². The number of carbonyl (C=O) groups is 1. The number of benzene rings is 1. The van der Waals surface area contributed by atoms with Crippen molar-refractivity contribution in [2.45, 2.75) is 0 Å². The van der Waals surface area contributed by atoms with Crippen LogP contribution in [0.15, 0.2) is 6.07 Å². The Labute approximate surface area is 89.0 Å². The summed E-state index contributed by atoms with van der Waals surface area (Å²) in [5, 5.41) is 17.9. The second-order valence-electron chi connectivity index (χ2n) is 2.39. The van der Waals surface area contributed by atoms with E-state index >= 15 is 0 Å². The summed E-state index contributed by atoms with van der Waals surface area (Å²) in [7, 11) is 0. The van der Waals surface area contributed by atoms with Crippen LogP contribution in [-0.2, 0) is 0 Å². The van der Waals surface area contributed by atoms with E-state index in [0.717, 1.165) is 6.07 Å². The van der Waals surface area contributed by atoms with Gasteiger partial charge in [0.2, 0.25) is 0 Å². The molecule has 0 aromatic heterocycles. The van der Waals surface area contributed by atoms with Gasteiger partial charge in [-0.25, -0.2) is 5.84 Å². The van der Waals surface area contributed by atoms with Gasteiger partial charge < -0.3 is 10.2 Å². The highest BCUT2D eigenvalue weighted by atomic mass is 35.5. The van der Waals surface area contributed by atoms with Gasteiger partial charge in [-0.1, -0.05) is 23.2 Å². The molecule has 0 saturated carbocycles. The van der Waals surface area contributed by atoms with Gasteiger partial charge in [0.05, 0.1) is 15.6 Å². The minimum atomic E-state index is -0.716. The molecule has 0 spiro atoms. The van der Waals surface area contributed by atoms with E-state index in [1.54, 1.807) is 0 Å². The third-order valence-corrected chi connectivity index (χ3v) is 2.21. The molecule has 1 aromatic rings. The average Bonchev–Trinajstić information content (AvgIpc) is 2.19. The fraction of sp³-hybridized carbons (Fsp3) is 0. The molecule has 0 radical (unpaired) electrons. The summed E-state index contributed by atoms with van der Waals surface area (Å²) in [6, 6.07) is 1.10. The fourth-order valence-electron chi connectivity index (χ4n) is 0.846. The second kappa shape index (κ2) is 3.91. The van der Waals surface area contributed by atoms with E-state index in [2.05, 4.69) is 0 Å². The van der Waals surface area contributed by atoms with Crippen molar-refractivity contribution in [2.24, 2.45) is 5.84 Å². The Morgan fingerprint density at radius 2 is 1.93 bits per heavy atom. The topological polar surface area (TPSA) is 95.6 Å². The SMILES string of the molecule is NNC(=O)c1cc(Cl)c(O)c(O)c1Cl. The number of nitrogen functional groups attached to an aromatic ring is 1. The molecule has 0 saturated heterocycles. The van der Waals surface area contributed by atoms with Crippen LogP contribution < -0.4 is 11.3 Å². The van der Waals surface area contributed by atoms with Gasteiger partial charge >= 0.3 is 0 Å². The number of nitrogens with one attached hydrogen (secondary N) is 1. The Morgan fingerprint density at radius 3 is 2.43 bits per heavy atom. The van der Waals surface area contributed by atoms with Gasteiger partial charge in [-0.15, -0.1) is 0 Å². The lowest BCUT2D eigenvalue weighted by atomic mass is 10.2. The van der Waals surface area contributed by atoms with Gasteiger partial charge in [-0.3, -0.25) is 10.2 Å². The third-order valence-electron chi connectivity index (χ3n) is 1.54. The largest absolute Gasteiger partial charge is 0.503 e. The molecule has 14 heavy (non-hydrogen) atoms. The van der Waals surface area contributed by atoms with Crippen molar-refractivity contribution in [3.8, 4) is 11.5 Å². The molecule has 0 unspecified atom stereocenters. The maximum Gasteiger partial charge on any atom is 0.266 e. The zero-order valence-electron chi connectivity index (χ0n) is 6.71. The molecule has 0 fully saturated rings. The van der Waals surface area contributed by atoms with Crippen molar-refractivity contribution in [1.82, 2.24) is 5.43 Å². The predicted octanol–water partition coefficient (Wildman–Crippen LogP) is 1.01. The molecule has 0 atom stereocenters. The van der Waals surface area contributed by atoms with E-state index in [4.69, 9.17) is 34.2 Å². The molecule has 0 aliphatic heterocycles. The number of nitrogens with two attached hydrogens (primary N) is 1. The summed E-state index contributed by atoms with van der Waals surface area (Å²) in [4.78, 5) is 11.1. The Morgan fingerprint density at radius 1 is 1.36 bits per heavy atom. The van der Waals surface area contributed by atoms with Crippen LogP contribution >= 0.6 is 23.2 Å². The summed E-state index contributed by atoms with van der Waals surface area (Å²) in [5.74, 6) is 2.92. The number of hydrogen-bond donors (Lipinski definition) is 4. The van der Waals surface area contributed by atoms with E-state index < -0.39 is 17.4 Å². The first kappa shape index (κ1) is 10.9. The first-order valence-corrected chi connectivity index (χ1v) is 4.15. The smallest absolute Gasteiger partial charge is 0.266 e. The first-order chi connectivity index (χ1) is 6.49. The van der Waals surface area contributed by atoms with E-state index in [1.165, 1.54) is 0 Å². The number of phenols is 2. The molecule has 7 heteroatoms. The van der Waals surface area contributed by atoms with Crippen LogP contribution in [0.1, 0.15) is 10.4 Å². The third kappa shape index (κ3) is 1.70. The number of halogens is 2. The number of hydrogen-bond acceptors (Lipinski definition) is 4. The van der Waals surface area contributed by atoms with Crippen LogP contribution in [0.4, 0.5) is 0 Å². The number of phenolic OH excluding ortho intramolecular Hbond substituents is 2. The molecule has 76 valence electrons. The number of hydrazine groups is 1. The van der Waals surface area contributed by atoms with Crippen LogP contribution in [0.25, 0.3) is 0 Å². The van der Waals surface area contributed by atoms with Crippen LogP contribution in [0.3, 0.4) is 0 Å². The number of carbonyl (C=O) groups excluding carboxylic acids is 1. The first-order valence-electron chi connectivity index (χ1n) is 3.40. The van der Waals surface area contributed by atoms with Crippen LogP contribution in [0.5, 0.6) is 11.5 Å². The molecular weight excluding hydrogens is 231 g/mol. The maximum atomic E-state index is 11.1. The lowest BCUT2D eigenvalue weighted by Gasteiger charge is -2.07. The standard InChI is InChI=1S/C7H6Cl2N2O3/c8-3-1-2(7(14)11-10)4(9)6(13)5(3)12/h1,12-13H,10H2,(H,11,14). The van der Waals surface area contributed by atoms with Crippen molar-refractivity contribution in [3.63, 3.8) is 0 Å². The molecule has 0 aliphatic rings. The lowest BCUT2D eigenvalue weighted by molar-refractivity contribution is 0.0953. The molecule has 0 bridgehead atoms. The fourth-order valence-corrected chi connectivity index (χ4v) is 1.27. The normalized spacial score (nSPS) is 9.93. The summed E-state index contributed by atoms with van der Waals surface area (Å²) in [6.07, 6.45) is 0. The van der Waals surface area contributed by atoms with Gasteiger partial charge in [0, 0.05) is 0 Å². The van der Waals surface area contributed by atoms with E-state index in [9.17, 15) is 9.90 Å². The summed E-state index contributed by atoms with van der Waals surface area (Å²) >= 11 is 11.1. The zero-order valence-corrected chi connectivity index (χ0v) is 8.23. The zero-order chi connectivity index (χ0) is 10.9. The summed E-state index contributed by atoms with van der Waals surface area (Å²) < 4.78 is 0. The maximum absolute atomic E-state index is 11.1. The molecule has 5 N–H and O–H groups in total. The van der Waals surface area contributed by atoms with Crippen molar-refractivity contribution >= 4 is 29.1 Å².